The third-order valence-corrected chi connectivity index (χ3v) is 4.75. The average Bonchev–Trinajstić information content (AvgIpc) is 2.89. The maximum absolute atomic E-state index is 13.1. The molecule has 0 radical (unpaired) electrons. The fourth-order valence-corrected chi connectivity index (χ4v) is 3.38. The van der Waals surface area contributed by atoms with Gasteiger partial charge in [-0.3, -0.25) is 14.5 Å². The number of hydrogen-bond donors (Lipinski definition) is 0. The van der Waals surface area contributed by atoms with E-state index in [1.165, 1.54) is 18.5 Å². The summed E-state index contributed by atoms with van der Waals surface area (Å²) in [6.07, 6.45) is -0.645. The van der Waals surface area contributed by atoms with Gasteiger partial charge in [-0.2, -0.15) is 28.5 Å². The first-order valence-electron chi connectivity index (χ1n) is 9.46. The molecule has 3 aromatic rings. The van der Waals surface area contributed by atoms with Gasteiger partial charge < -0.3 is 9.64 Å². The molecule has 11 heteroatoms. The highest BCUT2D eigenvalue weighted by Crippen LogP contribution is 2.25. The van der Waals surface area contributed by atoms with Crippen molar-refractivity contribution in [1.29, 1.82) is 0 Å². The van der Waals surface area contributed by atoms with Gasteiger partial charge >= 0.3 is 6.18 Å². The highest BCUT2D eigenvalue weighted by molar-refractivity contribution is 5.96. The fraction of sp³-hybridized carbons (Fsp3) is 0.421. The second kappa shape index (κ2) is 8.34. The number of aromatic nitrogens is 5. The standard InChI is InChI=1S/C19H19F3N6O2/c20-19(21,22)12-28-17-10-16(18(29)27-5-2-7-30-8-6-27)23-11-14(17)15(26-28)9-13-3-1-4-24-25-13/h1,3-4,10-11H,2,5-9,12H2. The van der Waals surface area contributed by atoms with Crippen LogP contribution in [0.4, 0.5) is 13.2 Å². The number of amides is 1. The molecule has 0 bridgehead atoms. The molecule has 0 aromatic carbocycles. The van der Waals surface area contributed by atoms with Gasteiger partial charge in [0.1, 0.15) is 12.2 Å². The number of halogens is 3. The summed E-state index contributed by atoms with van der Waals surface area (Å²) in [6.45, 7) is 0.651. The Kier molecular flexibility index (Phi) is 5.62. The number of fused-ring (bicyclic) bond motifs is 1. The molecule has 0 atom stereocenters. The second-order valence-corrected chi connectivity index (χ2v) is 6.96. The molecule has 0 spiro atoms. The van der Waals surface area contributed by atoms with Crippen LogP contribution in [0.3, 0.4) is 0 Å². The molecule has 1 saturated heterocycles. The molecule has 4 heterocycles. The van der Waals surface area contributed by atoms with Crippen LogP contribution in [-0.4, -0.2) is 68.2 Å². The number of pyridine rings is 1. The Morgan fingerprint density at radius 1 is 1.23 bits per heavy atom. The van der Waals surface area contributed by atoms with Gasteiger partial charge in [0.25, 0.3) is 5.91 Å². The predicted octanol–water partition coefficient (Wildman–Crippen LogP) is 2.24. The van der Waals surface area contributed by atoms with E-state index in [-0.39, 0.29) is 23.5 Å². The van der Waals surface area contributed by atoms with Gasteiger partial charge in [0, 0.05) is 43.9 Å². The zero-order valence-corrected chi connectivity index (χ0v) is 16.0. The van der Waals surface area contributed by atoms with Crippen LogP contribution in [0.15, 0.2) is 30.6 Å². The number of carbonyl (C=O) groups excluding carboxylic acids is 1. The van der Waals surface area contributed by atoms with E-state index in [9.17, 15) is 18.0 Å². The zero-order chi connectivity index (χ0) is 21.1. The molecule has 0 unspecified atom stereocenters. The summed E-state index contributed by atoms with van der Waals surface area (Å²) in [4.78, 5) is 18.7. The quantitative estimate of drug-likeness (QED) is 0.644. The Bertz CT molecular complexity index is 1030. The monoisotopic (exact) mass is 420 g/mol. The summed E-state index contributed by atoms with van der Waals surface area (Å²) in [5.74, 6) is -0.336. The first kappa shape index (κ1) is 20.2. The maximum atomic E-state index is 13.1. The Morgan fingerprint density at radius 3 is 2.87 bits per heavy atom. The highest BCUT2D eigenvalue weighted by Gasteiger charge is 2.30. The normalized spacial score (nSPS) is 15.4. The molecule has 0 N–H and O–H groups in total. The molecular formula is C19H19F3N6O2. The fourth-order valence-electron chi connectivity index (χ4n) is 3.38. The van der Waals surface area contributed by atoms with Crippen LogP contribution in [0.1, 0.15) is 28.3 Å². The molecule has 1 aliphatic heterocycles. The second-order valence-electron chi connectivity index (χ2n) is 6.96. The van der Waals surface area contributed by atoms with E-state index in [2.05, 4.69) is 20.3 Å². The SMILES string of the molecule is O=C(c1cc2c(cn1)c(Cc1cccnn1)nn2CC(F)(F)F)N1CCCOCC1. The molecule has 30 heavy (non-hydrogen) atoms. The third-order valence-electron chi connectivity index (χ3n) is 4.75. The van der Waals surface area contributed by atoms with E-state index in [4.69, 9.17) is 4.74 Å². The number of hydrogen-bond acceptors (Lipinski definition) is 6. The highest BCUT2D eigenvalue weighted by atomic mass is 19.4. The third kappa shape index (κ3) is 4.56. The van der Waals surface area contributed by atoms with Crippen LogP contribution in [0.25, 0.3) is 10.9 Å². The van der Waals surface area contributed by atoms with Crippen molar-refractivity contribution in [1.82, 2.24) is 29.9 Å². The molecule has 1 amide bonds. The Hall–Kier alpha value is -3.08. The number of alkyl halides is 3. The molecule has 4 rings (SSSR count). The molecular weight excluding hydrogens is 401 g/mol. The molecule has 8 nitrogen and oxygen atoms in total. The lowest BCUT2D eigenvalue weighted by Gasteiger charge is -2.19. The lowest BCUT2D eigenvalue weighted by Crippen LogP contribution is -2.33. The summed E-state index contributed by atoms with van der Waals surface area (Å²) in [5.41, 5.74) is 1.25. The summed E-state index contributed by atoms with van der Waals surface area (Å²) in [7, 11) is 0. The van der Waals surface area contributed by atoms with Crippen LogP contribution in [0.2, 0.25) is 0 Å². The zero-order valence-electron chi connectivity index (χ0n) is 16.0. The minimum atomic E-state index is -4.46. The molecule has 0 aliphatic carbocycles. The van der Waals surface area contributed by atoms with E-state index in [1.807, 2.05) is 0 Å². The van der Waals surface area contributed by atoms with E-state index in [0.717, 1.165) is 4.68 Å². The first-order valence-corrected chi connectivity index (χ1v) is 9.46. The number of carbonyl (C=O) groups is 1. The van der Waals surface area contributed by atoms with Gasteiger partial charge in [-0.05, 0) is 24.6 Å². The van der Waals surface area contributed by atoms with Crippen molar-refractivity contribution in [3.05, 3.63) is 47.7 Å². The van der Waals surface area contributed by atoms with E-state index < -0.39 is 12.7 Å². The van der Waals surface area contributed by atoms with E-state index in [1.54, 1.807) is 17.0 Å². The number of ether oxygens (including phenoxy) is 1. The number of nitrogens with zero attached hydrogens (tertiary/aromatic N) is 6. The van der Waals surface area contributed by atoms with Crippen molar-refractivity contribution < 1.29 is 22.7 Å². The van der Waals surface area contributed by atoms with Gasteiger partial charge in [-0.1, -0.05) is 0 Å². The van der Waals surface area contributed by atoms with Gasteiger partial charge in [-0.25, -0.2) is 0 Å². The van der Waals surface area contributed by atoms with Crippen molar-refractivity contribution in [2.45, 2.75) is 25.6 Å². The maximum Gasteiger partial charge on any atom is 0.408 e. The molecule has 3 aromatic heterocycles. The largest absolute Gasteiger partial charge is 0.408 e. The van der Waals surface area contributed by atoms with Crippen LogP contribution in [-0.2, 0) is 17.7 Å². The summed E-state index contributed by atoms with van der Waals surface area (Å²) in [6, 6.07) is 4.79. The number of rotatable bonds is 4. The Balaban J connectivity index is 1.71. The van der Waals surface area contributed by atoms with Crippen LogP contribution < -0.4 is 0 Å². The lowest BCUT2D eigenvalue weighted by molar-refractivity contribution is -0.141. The topological polar surface area (TPSA) is 86.0 Å². The van der Waals surface area contributed by atoms with Crippen LogP contribution >= 0.6 is 0 Å². The summed E-state index contributed by atoms with van der Waals surface area (Å²) >= 11 is 0. The van der Waals surface area contributed by atoms with Crippen molar-refractivity contribution in [3.63, 3.8) is 0 Å². The minimum absolute atomic E-state index is 0.0822. The van der Waals surface area contributed by atoms with Crippen molar-refractivity contribution in [3.8, 4) is 0 Å². The van der Waals surface area contributed by atoms with Crippen molar-refractivity contribution >= 4 is 16.8 Å². The average molecular weight is 420 g/mol. The van der Waals surface area contributed by atoms with Crippen LogP contribution in [0.5, 0.6) is 0 Å². The summed E-state index contributed by atoms with van der Waals surface area (Å²) in [5, 5.41) is 12.3. The predicted molar refractivity (Wildman–Crippen MR) is 99.8 cm³/mol. The Labute approximate surface area is 169 Å². The van der Waals surface area contributed by atoms with E-state index >= 15 is 0 Å². The van der Waals surface area contributed by atoms with Gasteiger partial charge in [0.2, 0.25) is 0 Å². The van der Waals surface area contributed by atoms with Crippen molar-refractivity contribution in [2.24, 2.45) is 0 Å². The molecule has 1 fully saturated rings. The minimum Gasteiger partial charge on any atom is -0.380 e. The lowest BCUT2D eigenvalue weighted by atomic mass is 10.1. The molecule has 1 aliphatic rings. The van der Waals surface area contributed by atoms with E-state index in [0.29, 0.717) is 49.5 Å². The van der Waals surface area contributed by atoms with Gasteiger partial charge in [0.15, 0.2) is 0 Å². The first-order chi connectivity index (χ1) is 14.4. The Morgan fingerprint density at radius 2 is 2.10 bits per heavy atom. The molecule has 0 saturated carbocycles. The van der Waals surface area contributed by atoms with Gasteiger partial charge in [0.05, 0.1) is 23.5 Å². The van der Waals surface area contributed by atoms with Crippen LogP contribution in [0, 0.1) is 0 Å². The van der Waals surface area contributed by atoms with Crippen molar-refractivity contribution in [2.75, 3.05) is 26.3 Å². The summed E-state index contributed by atoms with van der Waals surface area (Å²) < 4.78 is 45.6. The molecule has 158 valence electrons. The smallest absolute Gasteiger partial charge is 0.380 e. The van der Waals surface area contributed by atoms with Gasteiger partial charge in [-0.15, -0.1) is 0 Å².